The molecule has 126 valence electrons. The minimum absolute atomic E-state index is 0.0483. The minimum Gasteiger partial charge on any atom is -0.459 e. The van der Waals surface area contributed by atoms with Crippen LogP contribution in [0.2, 0.25) is 5.02 Å². The van der Waals surface area contributed by atoms with Crippen LogP contribution in [-0.4, -0.2) is 21.5 Å². The van der Waals surface area contributed by atoms with Gasteiger partial charge in [-0.15, -0.1) is 0 Å². The van der Waals surface area contributed by atoms with Crippen LogP contribution in [0.3, 0.4) is 0 Å². The van der Waals surface area contributed by atoms with E-state index in [1.54, 1.807) is 4.68 Å². The molecule has 5 nitrogen and oxygen atoms in total. The molecule has 24 heavy (non-hydrogen) atoms. The number of aryl methyl sites for hydroxylation is 1. The number of hydrogen-bond acceptors (Lipinski definition) is 4. The van der Waals surface area contributed by atoms with Crippen molar-refractivity contribution in [3.63, 3.8) is 0 Å². The largest absolute Gasteiger partial charge is 0.459 e. The predicted octanol–water partition coefficient (Wildman–Crippen LogP) is 4.02. The number of benzene rings is 1. The molecule has 2 N–H and O–H groups in total. The van der Waals surface area contributed by atoms with Crippen LogP contribution >= 0.6 is 11.6 Å². The normalized spacial score (nSPS) is 11.0. The van der Waals surface area contributed by atoms with Crippen LogP contribution in [0.4, 0.5) is 5.82 Å². The van der Waals surface area contributed by atoms with Gasteiger partial charge in [-0.25, -0.2) is 4.68 Å². The molecule has 2 heterocycles. The highest BCUT2D eigenvalue weighted by molar-refractivity contribution is 6.33. The van der Waals surface area contributed by atoms with Gasteiger partial charge in [0.2, 0.25) is 0 Å². The van der Waals surface area contributed by atoms with E-state index in [-0.39, 0.29) is 6.61 Å². The number of nitrogens with zero attached hydrogens (tertiary/aromatic N) is 2. The Bertz CT molecular complexity index is 839. The quantitative estimate of drug-likeness (QED) is 0.708. The number of aromatic nitrogens is 2. The van der Waals surface area contributed by atoms with Crippen molar-refractivity contribution in [1.82, 2.24) is 9.78 Å². The van der Waals surface area contributed by atoms with Crippen molar-refractivity contribution in [3.8, 4) is 11.3 Å². The van der Waals surface area contributed by atoms with E-state index in [1.807, 2.05) is 50.2 Å². The topological polar surface area (TPSA) is 63.2 Å². The second-order valence-electron chi connectivity index (χ2n) is 5.61. The molecule has 0 amide bonds. The molecule has 2 aromatic heterocycles. The number of aliphatic hydroxyl groups is 1. The highest BCUT2D eigenvalue weighted by atomic mass is 35.5. The number of rotatable bonds is 6. The summed E-state index contributed by atoms with van der Waals surface area (Å²) in [6, 6.07) is 11.5. The summed E-state index contributed by atoms with van der Waals surface area (Å²) in [5.41, 5.74) is 2.89. The predicted molar refractivity (Wildman–Crippen MR) is 95.3 cm³/mol. The van der Waals surface area contributed by atoms with Crippen LogP contribution in [0, 0.1) is 13.8 Å². The lowest BCUT2D eigenvalue weighted by Gasteiger charge is -2.09. The van der Waals surface area contributed by atoms with Crippen LogP contribution < -0.4 is 5.32 Å². The summed E-state index contributed by atoms with van der Waals surface area (Å²) in [5.74, 6) is 2.45. The maximum atomic E-state index is 9.17. The molecule has 3 aromatic rings. The molecule has 3 rings (SSSR count). The second kappa shape index (κ2) is 7.11. The first kappa shape index (κ1) is 16.6. The highest BCUT2D eigenvalue weighted by Gasteiger charge is 2.12. The van der Waals surface area contributed by atoms with Gasteiger partial charge < -0.3 is 14.8 Å². The first-order valence-corrected chi connectivity index (χ1v) is 8.20. The zero-order valence-electron chi connectivity index (χ0n) is 13.7. The van der Waals surface area contributed by atoms with Gasteiger partial charge in [0.1, 0.15) is 17.3 Å². The molecule has 0 aliphatic rings. The zero-order valence-corrected chi connectivity index (χ0v) is 14.5. The summed E-state index contributed by atoms with van der Waals surface area (Å²) in [6.07, 6.45) is 0. The summed E-state index contributed by atoms with van der Waals surface area (Å²) in [6.45, 7) is 5.00. The Labute approximate surface area is 145 Å². The number of furan rings is 1. The molecule has 0 aliphatic carbocycles. The summed E-state index contributed by atoms with van der Waals surface area (Å²) < 4.78 is 7.67. The maximum Gasteiger partial charge on any atom is 0.135 e. The molecule has 0 aliphatic heterocycles. The van der Waals surface area contributed by atoms with Gasteiger partial charge in [0, 0.05) is 11.1 Å². The third-order valence-corrected chi connectivity index (χ3v) is 4.30. The van der Waals surface area contributed by atoms with Gasteiger partial charge in [-0.3, -0.25) is 0 Å². The lowest BCUT2D eigenvalue weighted by atomic mass is 10.2. The van der Waals surface area contributed by atoms with E-state index in [4.69, 9.17) is 21.1 Å². The summed E-state index contributed by atoms with van der Waals surface area (Å²) in [5, 5.41) is 17.6. The molecule has 0 fully saturated rings. The van der Waals surface area contributed by atoms with Crippen molar-refractivity contribution >= 4 is 17.4 Å². The Kier molecular flexibility index (Phi) is 4.92. The molecule has 0 atom stereocenters. The van der Waals surface area contributed by atoms with E-state index in [0.717, 1.165) is 34.2 Å². The molecular weight excluding hydrogens is 326 g/mol. The second-order valence-corrected chi connectivity index (χ2v) is 6.01. The Hall–Kier alpha value is -2.24. The van der Waals surface area contributed by atoms with Crippen molar-refractivity contribution < 1.29 is 9.52 Å². The molecule has 6 heteroatoms. The van der Waals surface area contributed by atoms with Crippen molar-refractivity contribution in [2.24, 2.45) is 0 Å². The van der Waals surface area contributed by atoms with Gasteiger partial charge >= 0.3 is 0 Å². The van der Waals surface area contributed by atoms with Crippen LogP contribution in [0.1, 0.15) is 17.0 Å². The van der Waals surface area contributed by atoms with Gasteiger partial charge in [0.25, 0.3) is 0 Å². The molecule has 0 radical (unpaired) electrons. The summed E-state index contributed by atoms with van der Waals surface area (Å²) >= 11 is 6.21. The smallest absolute Gasteiger partial charge is 0.135 e. The van der Waals surface area contributed by atoms with Gasteiger partial charge in [-0.05, 0) is 38.1 Å². The standard InChI is InChI=1S/C18H20ClN3O2/c1-12-13(2)21-22(9-10-23)18(12)20-11-14-7-8-17(24-14)15-5-3-4-6-16(15)19/h3-8,20,23H,9-11H2,1-2H3. The third kappa shape index (κ3) is 3.32. The van der Waals surface area contributed by atoms with E-state index in [1.165, 1.54) is 0 Å². The molecular formula is C18H20ClN3O2. The van der Waals surface area contributed by atoms with Crippen LogP contribution in [0.5, 0.6) is 0 Å². The highest BCUT2D eigenvalue weighted by Crippen LogP contribution is 2.29. The Morgan fingerprint density at radius 1 is 1.21 bits per heavy atom. The Morgan fingerprint density at radius 2 is 2.00 bits per heavy atom. The van der Waals surface area contributed by atoms with Gasteiger partial charge in [-0.2, -0.15) is 5.10 Å². The lowest BCUT2D eigenvalue weighted by Crippen LogP contribution is -2.10. The number of anilines is 1. The fourth-order valence-corrected chi connectivity index (χ4v) is 2.83. The van der Waals surface area contributed by atoms with Crippen LogP contribution in [-0.2, 0) is 13.1 Å². The molecule has 0 spiro atoms. The van der Waals surface area contributed by atoms with Crippen molar-refractivity contribution in [2.45, 2.75) is 26.9 Å². The minimum atomic E-state index is 0.0483. The average molecular weight is 346 g/mol. The number of nitrogens with one attached hydrogen (secondary N) is 1. The fraction of sp³-hybridized carbons (Fsp3) is 0.278. The van der Waals surface area contributed by atoms with E-state index in [0.29, 0.717) is 18.1 Å². The molecule has 0 bridgehead atoms. The van der Waals surface area contributed by atoms with E-state index < -0.39 is 0 Å². The van der Waals surface area contributed by atoms with E-state index in [2.05, 4.69) is 10.4 Å². The van der Waals surface area contributed by atoms with Crippen LogP contribution in [0.25, 0.3) is 11.3 Å². The summed E-state index contributed by atoms with van der Waals surface area (Å²) in [7, 11) is 0. The number of halogens is 1. The SMILES string of the molecule is Cc1nn(CCO)c(NCc2ccc(-c3ccccc3Cl)o2)c1C. The number of aliphatic hydroxyl groups excluding tert-OH is 1. The molecule has 0 saturated heterocycles. The van der Waals surface area contributed by atoms with Gasteiger partial charge in [0.05, 0.1) is 30.4 Å². The van der Waals surface area contributed by atoms with Gasteiger partial charge in [-0.1, -0.05) is 23.7 Å². The maximum absolute atomic E-state index is 9.17. The first-order chi connectivity index (χ1) is 11.6. The van der Waals surface area contributed by atoms with Crippen LogP contribution in [0.15, 0.2) is 40.8 Å². The van der Waals surface area contributed by atoms with Crippen molar-refractivity contribution in [2.75, 3.05) is 11.9 Å². The Morgan fingerprint density at radius 3 is 2.75 bits per heavy atom. The molecule has 1 aromatic carbocycles. The van der Waals surface area contributed by atoms with Crippen molar-refractivity contribution in [3.05, 3.63) is 58.4 Å². The van der Waals surface area contributed by atoms with E-state index >= 15 is 0 Å². The zero-order chi connectivity index (χ0) is 17.1. The van der Waals surface area contributed by atoms with Gasteiger partial charge in [0.15, 0.2) is 0 Å². The van der Waals surface area contributed by atoms with Crippen molar-refractivity contribution in [1.29, 1.82) is 0 Å². The lowest BCUT2D eigenvalue weighted by molar-refractivity contribution is 0.270. The monoisotopic (exact) mass is 345 g/mol. The van der Waals surface area contributed by atoms with E-state index in [9.17, 15) is 0 Å². The number of hydrogen-bond donors (Lipinski definition) is 2. The summed E-state index contributed by atoms with van der Waals surface area (Å²) in [4.78, 5) is 0. The molecule has 0 unspecified atom stereocenters. The first-order valence-electron chi connectivity index (χ1n) is 7.82. The average Bonchev–Trinajstić information content (AvgIpc) is 3.13. The third-order valence-electron chi connectivity index (χ3n) is 3.97. The Balaban J connectivity index is 1.76. The molecule has 0 saturated carbocycles. The fourth-order valence-electron chi connectivity index (χ4n) is 2.60.